The average molecular weight is 296 g/mol. The second-order valence-corrected chi connectivity index (χ2v) is 7.30. The third-order valence-electron chi connectivity index (χ3n) is 5.75. The molecule has 1 aliphatic carbocycles. The molecule has 3 unspecified atom stereocenters. The van der Waals surface area contributed by atoms with Crippen LogP contribution in [0.3, 0.4) is 0 Å². The molecule has 0 aromatic rings. The van der Waals surface area contributed by atoms with E-state index in [1.807, 2.05) is 13.8 Å². The molecule has 21 heavy (non-hydrogen) atoms. The van der Waals surface area contributed by atoms with Crippen molar-refractivity contribution in [1.82, 2.24) is 4.90 Å². The van der Waals surface area contributed by atoms with Crippen LogP contribution in [0, 0.1) is 17.3 Å². The van der Waals surface area contributed by atoms with Crippen molar-refractivity contribution in [1.29, 1.82) is 0 Å². The number of carboxylic acids is 1. The Kier molecular flexibility index (Phi) is 3.29. The van der Waals surface area contributed by atoms with Crippen LogP contribution < -0.4 is 5.73 Å². The molecule has 2 heterocycles. The number of fused-ring (bicyclic) bond motifs is 1. The van der Waals surface area contributed by atoms with E-state index in [1.165, 1.54) is 0 Å². The van der Waals surface area contributed by atoms with Crippen molar-refractivity contribution in [2.75, 3.05) is 19.7 Å². The van der Waals surface area contributed by atoms with Gasteiger partial charge in [-0.1, -0.05) is 13.8 Å². The van der Waals surface area contributed by atoms with Gasteiger partial charge in [0.1, 0.15) is 5.54 Å². The molecule has 0 aromatic heterocycles. The second kappa shape index (κ2) is 4.68. The number of hydrogen-bond donors (Lipinski definition) is 2. The Balaban J connectivity index is 1.68. The number of carboxylic acid groups (broad SMARTS) is 1. The number of amides is 1. The molecular weight excluding hydrogens is 272 g/mol. The van der Waals surface area contributed by atoms with Crippen molar-refractivity contribution >= 4 is 11.9 Å². The average Bonchev–Trinajstić information content (AvgIpc) is 2.40. The van der Waals surface area contributed by atoms with Gasteiger partial charge >= 0.3 is 5.97 Å². The van der Waals surface area contributed by atoms with E-state index < -0.39 is 11.5 Å². The molecule has 1 amide bonds. The number of rotatable bonds is 3. The molecule has 6 heteroatoms. The van der Waals surface area contributed by atoms with Crippen LogP contribution in [0.15, 0.2) is 0 Å². The first kappa shape index (κ1) is 14.8. The van der Waals surface area contributed by atoms with Gasteiger partial charge in [-0.3, -0.25) is 9.59 Å². The summed E-state index contributed by atoms with van der Waals surface area (Å²) in [6.07, 6.45) is 2.07. The summed E-state index contributed by atoms with van der Waals surface area (Å²) in [6, 6.07) is 0. The number of likely N-dealkylation sites (tertiary alicyclic amines) is 1. The van der Waals surface area contributed by atoms with Crippen molar-refractivity contribution in [2.45, 2.75) is 44.8 Å². The smallest absolute Gasteiger partial charge is 0.303 e. The molecule has 1 saturated carbocycles. The van der Waals surface area contributed by atoms with Crippen LogP contribution in [0.2, 0.25) is 0 Å². The Bertz CT molecular complexity index is 472. The fourth-order valence-corrected chi connectivity index (χ4v) is 4.38. The number of nitrogens with zero attached hydrogens (tertiary/aromatic N) is 1. The minimum absolute atomic E-state index is 0.0270. The van der Waals surface area contributed by atoms with Gasteiger partial charge in [0.05, 0.1) is 12.5 Å². The lowest BCUT2D eigenvalue weighted by atomic mass is 9.46. The molecule has 3 fully saturated rings. The zero-order valence-electron chi connectivity index (χ0n) is 12.7. The van der Waals surface area contributed by atoms with Crippen LogP contribution in [0.1, 0.15) is 33.1 Å². The zero-order chi connectivity index (χ0) is 15.4. The van der Waals surface area contributed by atoms with Gasteiger partial charge in [-0.2, -0.15) is 0 Å². The Labute approximate surface area is 124 Å². The predicted molar refractivity (Wildman–Crippen MR) is 75.5 cm³/mol. The fourth-order valence-electron chi connectivity index (χ4n) is 4.38. The summed E-state index contributed by atoms with van der Waals surface area (Å²) >= 11 is 0. The van der Waals surface area contributed by atoms with Crippen LogP contribution >= 0.6 is 0 Å². The topological polar surface area (TPSA) is 92.9 Å². The monoisotopic (exact) mass is 296 g/mol. The largest absolute Gasteiger partial charge is 0.481 e. The number of carbonyl (C=O) groups is 2. The second-order valence-electron chi connectivity index (χ2n) is 7.30. The standard InChI is InChI=1S/C15H24N2O4/c1-14(2)12-10(4-3-5-21-12)15(14,16)13(20)17-7-9(8-17)6-11(18)19/h9-10,12H,3-8,16H2,1-2H3,(H,18,19). The molecule has 2 aliphatic heterocycles. The molecule has 0 spiro atoms. The van der Waals surface area contributed by atoms with Crippen LogP contribution in [0.25, 0.3) is 0 Å². The first-order chi connectivity index (χ1) is 9.78. The Morgan fingerprint density at radius 1 is 1.38 bits per heavy atom. The van der Waals surface area contributed by atoms with Crippen LogP contribution in [-0.2, 0) is 14.3 Å². The molecule has 3 atom stereocenters. The number of hydrogen-bond acceptors (Lipinski definition) is 4. The van der Waals surface area contributed by atoms with Gasteiger partial charge in [-0.25, -0.2) is 0 Å². The number of aliphatic carboxylic acids is 1. The zero-order valence-corrected chi connectivity index (χ0v) is 12.7. The van der Waals surface area contributed by atoms with Gasteiger partial charge in [-0.15, -0.1) is 0 Å². The normalized spacial score (nSPS) is 38.1. The molecule has 3 aliphatic rings. The van der Waals surface area contributed by atoms with Gasteiger partial charge in [0.25, 0.3) is 0 Å². The van der Waals surface area contributed by atoms with Crippen molar-refractivity contribution in [3.63, 3.8) is 0 Å². The first-order valence-corrected chi connectivity index (χ1v) is 7.70. The molecule has 3 N–H and O–H groups in total. The van der Waals surface area contributed by atoms with Crippen molar-refractivity contribution in [3.8, 4) is 0 Å². The third kappa shape index (κ3) is 1.92. The van der Waals surface area contributed by atoms with Crippen LogP contribution in [0.5, 0.6) is 0 Å². The molecule has 3 rings (SSSR count). The summed E-state index contributed by atoms with van der Waals surface area (Å²) in [7, 11) is 0. The van der Waals surface area contributed by atoms with Crippen LogP contribution in [-0.4, -0.2) is 53.2 Å². The highest BCUT2D eigenvalue weighted by Gasteiger charge is 2.71. The fraction of sp³-hybridized carbons (Fsp3) is 0.867. The maximum absolute atomic E-state index is 12.8. The third-order valence-corrected chi connectivity index (χ3v) is 5.75. The van der Waals surface area contributed by atoms with E-state index in [2.05, 4.69) is 0 Å². The van der Waals surface area contributed by atoms with Gasteiger partial charge in [-0.05, 0) is 12.8 Å². The Morgan fingerprint density at radius 3 is 2.67 bits per heavy atom. The molecule has 2 saturated heterocycles. The lowest BCUT2D eigenvalue weighted by Crippen LogP contribution is -2.83. The molecule has 0 aromatic carbocycles. The van der Waals surface area contributed by atoms with E-state index in [-0.39, 0.29) is 35.7 Å². The van der Waals surface area contributed by atoms with E-state index in [0.29, 0.717) is 13.1 Å². The van der Waals surface area contributed by atoms with Crippen LogP contribution in [0.4, 0.5) is 0 Å². The Morgan fingerprint density at radius 2 is 2.05 bits per heavy atom. The first-order valence-electron chi connectivity index (χ1n) is 7.70. The summed E-state index contributed by atoms with van der Waals surface area (Å²) in [5, 5.41) is 8.78. The molecular formula is C15H24N2O4. The molecule has 6 nitrogen and oxygen atoms in total. The minimum atomic E-state index is -0.869. The number of carbonyl (C=O) groups excluding carboxylic acids is 1. The van der Waals surface area contributed by atoms with E-state index in [1.54, 1.807) is 4.90 Å². The van der Waals surface area contributed by atoms with Crippen molar-refractivity contribution in [2.24, 2.45) is 23.0 Å². The van der Waals surface area contributed by atoms with E-state index in [9.17, 15) is 9.59 Å². The SMILES string of the molecule is CC1(C)C2OCCCC2C1(N)C(=O)N1CC(CC(=O)O)C1. The lowest BCUT2D eigenvalue weighted by Gasteiger charge is -2.66. The highest BCUT2D eigenvalue weighted by Crippen LogP contribution is 2.58. The van der Waals surface area contributed by atoms with Crippen molar-refractivity contribution in [3.05, 3.63) is 0 Å². The van der Waals surface area contributed by atoms with E-state index in [4.69, 9.17) is 15.6 Å². The summed E-state index contributed by atoms with van der Waals surface area (Å²) in [5.41, 5.74) is 5.31. The summed E-state index contributed by atoms with van der Waals surface area (Å²) < 4.78 is 5.81. The number of nitrogens with two attached hydrogens (primary N) is 1. The number of ether oxygens (including phenoxy) is 1. The summed E-state index contributed by atoms with van der Waals surface area (Å²) in [4.78, 5) is 25.2. The van der Waals surface area contributed by atoms with Gasteiger partial charge in [0, 0.05) is 36.9 Å². The molecule has 118 valence electrons. The highest BCUT2D eigenvalue weighted by atomic mass is 16.5. The van der Waals surface area contributed by atoms with E-state index >= 15 is 0 Å². The summed E-state index contributed by atoms with van der Waals surface area (Å²) in [5.74, 6) is -0.677. The Hall–Kier alpha value is -1.14. The predicted octanol–water partition coefficient (Wildman–Crippen LogP) is 0.452. The lowest BCUT2D eigenvalue weighted by molar-refractivity contribution is -0.232. The quantitative estimate of drug-likeness (QED) is 0.789. The maximum atomic E-state index is 12.8. The molecule has 0 bridgehead atoms. The van der Waals surface area contributed by atoms with Gasteiger partial charge in [0.2, 0.25) is 5.91 Å². The van der Waals surface area contributed by atoms with Gasteiger partial charge < -0.3 is 20.5 Å². The van der Waals surface area contributed by atoms with E-state index in [0.717, 1.165) is 19.4 Å². The highest BCUT2D eigenvalue weighted by molar-refractivity contribution is 5.90. The van der Waals surface area contributed by atoms with Gasteiger partial charge in [0.15, 0.2) is 0 Å². The van der Waals surface area contributed by atoms with Crippen molar-refractivity contribution < 1.29 is 19.4 Å². The summed E-state index contributed by atoms with van der Waals surface area (Å²) in [6.45, 7) is 5.79. The maximum Gasteiger partial charge on any atom is 0.303 e. The molecule has 0 radical (unpaired) electrons. The minimum Gasteiger partial charge on any atom is -0.481 e.